The molecule has 1 saturated heterocycles. The second-order valence-electron chi connectivity index (χ2n) is 5.08. The minimum Gasteiger partial charge on any atom is -0.461 e. The number of benzene rings is 1. The number of rotatable bonds is 4. The van der Waals surface area contributed by atoms with E-state index in [4.69, 9.17) is 4.74 Å². The molecule has 98 valence electrons. The van der Waals surface area contributed by atoms with Gasteiger partial charge in [-0.2, -0.15) is 0 Å². The van der Waals surface area contributed by atoms with Gasteiger partial charge in [0.2, 0.25) is 0 Å². The average Bonchev–Trinajstić information content (AvgIpc) is 2.40. The molecule has 0 bridgehead atoms. The zero-order chi connectivity index (χ0) is 12.8. The molecule has 1 heterocycles. The first kappa shape index (κ1) is 13.1. The number of esters is 1. The molecule has 1 aliphatic rings. The molecule has 1 aliphatic heterocycles. The van der Waals surface area contributed by atoms with Gasteiger partial charge in [0.05, 0.1) is 0 Å². The third-order valence-electron chi connectivity index (χ3n) is 3.66. The summed E-state index contributed by atoms with van der Waals surface area (Å²) in [5, 5.41) is 3.34. The van der Waals surface area contributed by atoms with E-state index in [1.165, 1.54) is 0 Å². The Hall–Kier alpha value is -1.35. The van der Waals surface area contributed by atoms with Crippen molar-refractivity contribution in [2.24, 2.45) is 11.8 Å². The highest BCUT2D eigenvalue weighted by atomic mass is 16.5. The van der Waals surface area contributed by atoms with Crippen LogP contribution in [0.25, 0.3) is 0 Å². The maximum absolute atomic E-state index is 11.8. The van der Waals surface area contributed by atoms with E-state index in [1.807, 2.05) is 30.3 Å². The van der Waals surface area contributed by atoms with E-state index in [2.05, 4.69) is 12.2 Å². The molecule has 3 heteroatoms. The molecule has 18 heavy (non-hydrogen) atoms. The number of carbonyl (C=O) groups is 1. The highest BCUT2D eigenvalue weighted by Gasteiger charge is 2.24. The SMILES string of the molecule is C[C@H]1CCNC[C@@H]1CC(=O)OCc1ccccc1. The summed E-state index contributed by atoms with van der Waals surface area (Å²) in [6, 6.07) is 9.81. The maximum Gasteiger partial charge on any atom is 0.306 e. The highest BCUT2D eigenvalue weighted by Crippen LogP contribution is 2.22. The van der Waals surface area contributed by atoms with Crippen molar-refractivity contribution in [2.45, 2.75) is 26.4 Å². The molecule has 0 radical (unpaired) electrons. The third kappa shape index (κ3) is 3.84. The van der Waals surface area contributed by atoms with E-state index in [0.29, 0.717) is 24.9 Å². The largest absolute Gasteiger partial charge is 0.461 e. The Morgan fingerprint density at radius 2 is 2.17 bits per heavy atom. The molecular formula is C15H21NO2. The van der Waals surface area contributed by atoms with E-state index in [9.17, 15) is 4.79 Å². The molecule has 0 aliphatic carbocycles. The summed E-state index contributed by atoms with van der Waals surface area (Å²) < 4.78 is 5.31. The van der Waals surface area contributed by atoms with E-state index in [-0.39, 0.29) is 5.97 Å². The van der Waals surface area contributed by atoms with Gasteiger partial charge in [-0.05, 0) is 36.9 Å². The summed E-state index contributed by atoms with van der Waals surface area (Å²) in [5.74, 6) is 0.942. The van der Waals surface area contributed by atoms with Gasteiger partial charge < -0.3 is 10.1 Å². The molecule has 2 rings (SSSR count). The number of hydrogen-bond donors (Lipinski definition) is 1. The second-order valence-corrected chi connectivity index (χ2v) is 5.08. The van der Waals surface area contributed by atoms with Crippen molar-refractivity contribution in [3.8, 4) is 0 Å². The van der Waals surface area contributed by atoms with Gasteiger partial charge in [0.25, 0.3) is 0 Å². The van der Waals surface area contributed by atoms with Crippen LogP contribution in [0, 0.1) is 11.8 Å². The lowest BCUT2D eigenvalue weighted by molar-refractivity contribution is -0.146. The van der Waals surface area contributed by atoms with Crippen LogP contribution in [0.5, 0.6) is 0 Å². The fourth-order valence-corrected chi connectivity index (χ4v) is 2.34. The van der Waals surface area contributed by atoms with E-state index < -0.39 is 0 Å². The van der Waals surface area contributed by atoms with Crippen molar-refractivity contribution in [3.63, 3.8) is 0 Å². The van der Waals surface area contributed by atoms with Gasteiger partial charge in [-0.15, -0.1) is 0 Å². The van der Waals surface area contributed by atoms with Gasteiger partial charge in [0.1, 0.15) is 6.61 Å². The predicted octanol–water partition coefficient (Wildman–Crippen LogP) is 2.37. The van der Waals surface area contributed by atoms with Crippen LogP contribution < -0.4 is 5.32 Å². The first-order chi connectivity index (χ1) is 8.75. The minimum atomic E-state index is -0.0839. The zero-order valence-electron chi connectivity index (χ0n) is 10.9. The fraction of sp³-hybridized carbons (Fsp3) is 0.533. The van der Waals surface area contributed by atoms with E-state index >= 15 is 0 Å². The van der Waals surface area contributed by atoms with E-state index in [1.54, 1.807) is 0 Å². The van der Waals surface area contributed by atoms with Crippen LogP contribution in [0.1, 0.15) is 25.3 Å². The van der Waals surface area contributed by atoms with Gasteiger partial charge in [0.15, 0.2) is 0 Å². The summed E-state index contributed by atoms with van der Waals surface area (Å²) >= 11 is 0. The molecule has 0 aromatic heterocycles. The van der Waals surface area contributed by atoms with Gasteiger partial charge in [-0.1, -0.05) is 37.3 Å². The van der Waals surface area contributed by atoms with Crippen LogP contribution in [0.4, 0.5) is 0 Å². The monoisotopic (exact) mass is 247 g/mol. The molecule has 1 aromatic rings. The summed E-state index contributed by atoms with van der Waals surface area (Å²) in [6.45, 7) is 4.60. The van der Waals surface area contributed by atoms with Crippen LogP contribution >= 0.6 is 0 Å². The Kier molecular flexibility index (Phi) is 4.76. The van der Waals surface area contributed by atoms with Crippen LogP contribution in [-0.2, 0) is 16.1 Å². The smallest absolute Gasteiger partial charge is 0.306 e. The first-order valence-electron chi connectivity index (χ1n) is 6.66. The summed E-state index contributed by atoms with van der Waals surface area (Å²) in [4.78, 5) is 11.8. The predicted molar refractivity (Wildman–Crippen MR) is 71.0 cm³/mol. The van der Waals surface area contributed by atoms with Crippen LogP contribution in [0.2, 0.25) is 0 Å². The number of ether oxygens (including phenoxy) is 1. The quantitative estimate of drug-likeness (QED) is 0.830. The summed E-state index contributed by atoms with van der Waals surface area (Å²) in [6.07, 6.45) is 1.68. The lowest BCUT2D eigenvalue weighted by Gasteiger charge is -2.28. The lowest BCUT2D eigenvalue weighted by atomic mass is 9.86. The summed E-state index contributed by atoms with van der Waals surface area (Å²) in [5.41, 5.74) is 1.04. The summed E-state index contributed by atoms with van der Waals surface area (Å²) in [7, 11) is 0. The van der Waals surface area contributed by atoms with Crippen molar-refractivity contribution in [1.82, 2.24) is 5.32 Å². The molecule has 0 unspecified atom stereocenters. The zero-order valence-corrected chi connectivity index (χ0v) is 10.9. The number of piperidine rings is 1. The standard InChI is InChI=1S/C15H21NO2/c1-12-7-8-16-10-14(12)9-15(17)18-11-13-5-3-2-4-6-13/h2-6,12,14,16H,7-11H2,1H3/t12-,14-/m0/s1. The van der Waals surface area contributed by atoms with Gasteiger partial charge >= 0.3 is 5.97 Å². The molecule has 1 N–H and O–H groups in total. The molecule has 0 saturated carbocycles. The Morgan fingerprint density at radius 3 is 2.89 bits per heavy atom. The molecule has 0 amide bonds. The molecule has 0 spiro atoms. The normalized spacial score (nSPS) is 23.6. The Bertz CT molecular complexity index is 377. The molecule has 3 nitrogen and oxygen atoms in total. The number of hydrogen-bond acceptors (Lipinski definition) is 3. The van der Waals surface area contributed by atoms with Crippen LogP contribution in [-0.4, -0.2) is 19.1 Å². The molecule has 1 fully saturated rings. The maximum atomic E-state index is 11.8. The van der Waals surface area contributed by atoms with Gasteiger partial charge in [-0.3, -0.25) is 4.79 Å². The van der Waals surface area contributed by atoms with Crippen molar-refractivity contribution in [3.05, 3.63) is 35.9 Å². The number of carbonyl (C=O) groups excluding carboxylic acids is 1. The molecule has 1 aromatic carbocycles. The topological polar surface area (TPSA) is 38.3 Å². The Morgan fingerprint density at radius 1 is 1.39 bits per heavy atom. The minimum absolute atomic E-state index is 0.0839. The van der Waals surface area contributed by atoms with E-state index in [0.717, 1.165) is 25.1 Å². The van der Waals surface area contributed by atoms with Gasteiger partial charge in [0, 0.05) is 6.42 Å². The average molecular weight is 247 g/mol. The Balaban J connectivity index is 1.75. The number of nitrogens with one attached hydrogen (secondary N) is 1. The first-order valence-corrected chi connectivity index (χ1v) is 6.66. The second kappa shape index (κ2) is 6.55. The van der Waals surface area contributed by atoms with Crippen LogP contribution in [0.3, 0.4) is 0 Å². The van der Waals surface area contributed by atoms with Crippen molar-refractivity contribution in [2.75, 3.05) is 13.1 Å². The van der Waals surface area contributed by atoms with Crippen molar-refractivity contribution < 1.29 is 9.53 Å². The third-order valence-corrected chi connectivity index (χ3v) is 3.66. The molecular weight excluding hydrogens is 226 g/mol. The Labute approximate surface area is 109 Å². The lowest BCUT2D eigenvalue weighted by Crippen LogP contribution is -2.36. The molecule has 2 atom stereocenters. The highest BCUT2D eigenvalue weighted by molar-refractivity contribution is 5.69. The van der Waals surface area contributed by atoms with Crippen molar-refractivity contribution in [1.29, 1.82) is 0 Å². The van der Waals surface area contributed by atoms with Gasteiger partial charge in [-0.25, -0.2) is 0 Å². The van der Waals surface area contributed by atoms with Crippen molar-refractivity contribution >= 4 is 5.97 Å². The van der Waals surface area contributed by atoms with Crippen LogP contribution in [0.15, 0.2) is 30.3 Å². The fourth-order valence-electron chi connectivity index (χ4n) is 2.34.